The Bertz CT molecular complexity index is 1460. The maximum atomic E-state index is 13.9. The molecule has 198 valence electrons. The van der Waals surface area contributed by atoms with Crippen LogP contribution < -0.4 is 5.73 Å². The van der Waals surface area contributed by atoms with E-state index in [9.17, 15) is 39.9 Å². The molecular weight excluding hydrogens is 492 g/mol. The lowest BCUT2D eigenvalue weighted by molar-refractivity contribution is -0.169. The van der Waals surface area contributed by atoms with E-state index < -0.39 is 75.6 Å². The number of aliphatic hydroxyl groups excluding tert-OH is 3. The molecule has 0 saturated heterocycles. The van der Waals surface area contributed by atoms with Gasteiger partial charge in [0.25, 0.3) is 5.91 Å². The van der Waals surface area contributed by atoms with Crippen LogP contribution in [0.1, 0.15) is 24.0 Å². The van der Waals surface area contributed by atoms with Crippen LogP contribution in [0.25, 0.3) is 16.9 Å². The number of fused-ring (bicyclic) bond motifs is 3. The monoisotopic (exact) mass is 520 g/mol. The quantitative estimate of drug-likeness (QED) is 0.324. The summed E-state index contributed by atoms with van der Waals surface area (Å²) in [6.45, 7) is 1.70. The van der Waals surface area contributed by atoms with Gasteiger partial charge < -0.3 is 31.3 Å². The van der Waals surface area contributed by atoms with Crippen molar-refractivity contribution < 1.29 is 39.9 Å². The maximum Gasteiger partial charge on any atom is 0.255 e. The molecule has 6 atom stereocenters. The highest BCUT2D eigenvalue weighted by atomic mass is 16.4. The number of ketones is 2. The number of benzene rings is 2. The molecule has 1 fully saturated rings. The van der Waals surface area contributed by atoms with Crippen molar-refractivity contribution in [2.24, 2.45) is 17.6 Å². The molecule has 10 heteroatoms. The Morgan fingerprint density at radius 2 is 1.66 bits per heavy atom. The first-order chi connectivity index (χ1) is 17.8. The molecule has 2 unspecified atom stereocenters. The van der Waals surface area contributed by atoms with Gasteiger partial charge in [0.15, 0.2) is 11.4 Å². The van der Waals surface area contributed by atoms with Crippen LogP contribution in [0.15, 0.2) is 59.4 Å². The van der Waals surface area contributed by atoms with Crippen molar-refractivity contribution in [1.82, 2.24) is 4.90 Å². The summed E-state index contributed by atoms with van der Waals surface area (Å²) in [5, 5.41) is 56.5. The third-order valence-electron chi connectivity index (χ3n) is 8.17. The van der Waals surface area contributed by atoms with Crippen molar-refractivity contribution in [3.8, 4) is 16.9 Å². The van der Waals surface area contributed by atoms with Gasteiger partial charge in [0.2, 0.25) is 5.78 Å². The standard InChI is InChI=1S/C28H28N2O8/c1-11-14-9-13(12-7-5-4-6-8-12)10-15(31)17(14)22(32)18-16(11)23(33)20-21(30(2)3)24(34)19(27(29)37)26(36)28(20,38)25(18)35/h4-11,16,20-21,23,31-33,36,38H,1-3H3,(H2,29,37)/t11-,16?,20?,21-,23-,28-/m0/s1. The Hall–Kier alpha value is -3.99. The SMILES string of the molecule is C[C@H]1c2cc(-c3ccccc3)cc(O)c2C(O)=C2C(=O)[C@]3(O)C(O)=C(C(N)=O)C(=O)[C@@H](N(C)C)C3[C@@H](O)C21. The summed E-state index contributed by atoms with van der Waals surface area (Å²) < 4.78 is 0. The largest absolute Gasteiger partial charge is 0.508 e. The molecule has 0 bridgehead atoms. The topological polar surface area (TPSA) is 182 Å². The predicted molar refractivity (Wildman–Crippen MR) is 136 cm³/mol. The van der Waals surface area contributed by atoms with Crippen LogP contribution >= 0.6 is 0 Å². The first kappa shape index (κ1) is 25.7. The molecule has 0 radical (unpaired) electrons. The summed E-state index contributed by atoms with van der Waals surface area (Å²) in [5.41, 5.74) is 2.88. The zero-order chi connectivity index (χ0) is 27.8. The van der Waals surface area contributed by atoms with Crippen LogP contribution in [-0.4, -0.2) is 79.7 Å². The number of aliphatic hydroxyl groups is 4. The molecule has 0 heterocycles. The molecule has 1 saturated carbocycles. The molecule has 10 nitrogen and oxygen atoms in total. The Labute approximate surface area is 217 Å². The number of aromatic hydroxyl groups is 1. The van der Waals surface area contributed by atoms with Crippen LogP contribution in [0.2, 0.25) is 0 Å². The van der Waals surface area contributed by atoms with Crippen LogP contribution in [-0.2, 0) is 14.4 Å². The Morgan fingerprint density at radius 3 is 2.24 bits per heavy atom. The minimum absolute atomic E-state index is 0.0410. The summed E-state index contributed by atoms with van der Waals surface area (Å²) in [4.78, 5) is 40.6. The Morgan fingerprint density at radius 1 is 1.03 bits per heavy atom. The van der Waals surface area contributed by atoms with Gasteiger partial charge in [-0.25, -0.2) is 0 Å². The van der Waals surface area contributed by atoms with Gasteiger partial charge in [0.05, 0.1) is 23.6 Å². The van der Waals surface area contributed by atoms with E-state index in [1.165, 1.54) is 25.1 Å². The highest BCUT2D eigenvalue weighted by Crippen LogP contribution is 2.56. The molecule has 3 aliphatic rings. The van der Waals surface area contributed by atoms with Crippen molar-refractivity contribution in [2.75, 3.05) is 14.1 Å². The third-order valence-corrected chi connectivity index (χ3v) is 8.17. The number of hydrogen-bond donors (Lipinski definition) is 6. The number of amides is 1. The first-order valence-electron chi connectivity index (χ1n) is 12.1. The molecule has 0 aliphatic heterocycles. The molecule has 5 rings (SSSR count). The normalized spacial score (nSPS) is 30.7. The van der Waals surface area contributed by atoms with E-state index in [4.69, 9.17) is 5.73 Å². The van der Waals surface area contributed by atoms with Gasteiger partial charge in [0, 0.05) is 11.5 Å². The number of phenols is 1. The molecule has 3 aliphatic carbocycles. The number of primary amides is 1. The number of rotatable bonds is 3. The van der Waals surface area contributed by atoms with Gasteiger partial charge in [-0.1, -0.05) is 37.3 Å². The van der Waals surface area contributed by atoms with Gasteiger partial charge in [-0.3, -0.25) is 19.3 Å². The minimum Gasteiger partial charge on any atom is -0.508 e. The van der Waals surface area contributed by atoms with Crippen LogP contribution in [0.3, 0.4) is 0 Å². The fourth-order valence-corrected chi connectivity index (χ4v) is 6.44. The molecule has 2 aromatic carbocycles. The minimum atomic E-state index is -2.93. The van der Waals surface area contributed by atoms with Crippen molar-refractivity contribution in [3.63, 3.8) is 0 Å². The average Bonchev–Trinajstić information content (AvgIpc) is 2.86. The van der Waals surface area contributed by atoms with Gasteiger partial charge in [-0.15, -0.1) is 0 Å². The lowest BCUT2D eigenvalue weighted by atomic mass is 9.54. The number of carbonyl (C=O) groups excluding carboxylic acids is 3. The predicted octanol–water partition coefficient (Wildman–Crippen LogP) is 1.16. The van der Waals surface area contributed by atoms with E-state index in [1.807, 2.05) is 30.3 Å². The summed E-state index contributed by atoms with van der Waals surface area (Å²) >= 11 is 0. The average molecular weight is 521 g/mol. The Kier molecular flexibility index (Phi) is 5.75. The lowest BCUT2D eigenvalue weighted by Crippen LogP contribution is -2.70. The zero-order valence-electron chi connectivity index (χ0n) is 20.9. The van der Waals surface area contributed by atoms with Crippen molar-refractivity contribution in [1.29, 1.82) is 0 Å². The highest BCUT2D eigenvalue weighted by molar-refractivity contribution is 6.24. The van der Waals surface area contributed by atoms with E-state index in [0.29, 0.717) is 11.1 Å². The number of likely N-dealkylation sites (N-methyl/N-ethyl adjacent to an activating group) is 1. The molecular formula is C28H28N2O8. The van der Waals surface area contributed by atoms with Crippen molar-refractivity contribution >= 4 is 23.2 Å². The molecule has 2 aromatic rings. The second-order valence-corrected chi connectivity index (χ2v) is 10.4. The van der Waals surface area contributed by atoms with E-state index in [0.717, 1.165) is 5.56 Å². The number of hydrogen-bond acceptors (Lipinski definition) is 9. The fourth-order valence-electron chi connectivity index (χ4n) is 6.44. The fraction of sp³-hybridized carbons (Fsp3) is 0.321. The molecule has 1 amide bonds. The molecule has 0 aromatic heterocycles. The summed E-state index contributed by atoms with van der Waals surface area (Å²) in [6, 6.07) is 11.0. The first-order valence-corrected chi connectivity index (χ1v) is 12.1. The number of phenolic OH excluding ortho intramolecular Hbond substituents is 1. The lowest BCUT2D eigenvalue weighted by Gasteiger charge is -2.53. The molecule has 38 heavy (non-hydrogen) atoms. The number of carbonyl (C=O) groups is 3. The van der Waals surface area contributed by atoms with Crippen LogP contribution in [0, 0.1) is 11.8 Å². The van der Waals surface area contributed by atoms with Crippen molar-refractivity contribution in [2.45, 2.75) is 30.6 Å². The highest BCUT2D eigenvalue weighted by Gasteiger charge is 2.68. The number of nitrogens with zero attached hydrogens (tertiary/aromatic N) is 1. The number of Topliss-reactive ketones (excluding diaryl/α,β-unsaturated/α-hetero) is 2. The molecule has 7 N–H and O–H groups in total. The van der Waals surface area contributed by atoms with Crippen molar-refractivity contribution in [3.05, 3.63) is 70.5 Å². The smallest absolute Gasteiger partial charge is 0.255 e. The van der Waals surface area contributed by atoms with Gasteiger partial charge in [-0.2, -0.15) is 0 Å². The van der Waals surface area contributed by atoms with Crippen LogP contribution in [0.4, 0.5) is 0 Å². The van der Waals surface area contributed by atoms with E-state index >= 15 is 0 Å². The van der Waals surface area contributed by atoms with E-state index in [-0.39, 0.29) is 11.3 Å². The number of nitrogens with two attached hydrogens (primary N) is 1. The summed E-state index contributed by atoms with van der Waals surface area (Å²) in [6.07, 6.45) is -1.63. The van der Waals surface area contributed by atoms with Gasteiger partial charge >= 0.3 is 0 Å². The summed E-state index contributed by atoms with van der Waals surface area (Å²) in [7, 11) is 2.93. The van der Waals surface area contributed by atoms with Gasteiger partial charge in [-0.05, 0) is 48.8 Å². The second-order valence-electron chi connectivity index (χ2n) is 10.4. The van der Waals surface area contributed by atoms with Gasteiger partial charge in [0.1, 0.15) is 22.8 Å². The maximum absolute atomic E-state index is 13.9. The third kappa shape index (κ3) is 3.20. The van der Waals surface area contributed by atoms with E-state index in [1.54, 1.807) is 13.0 Å². The second kappa shape index (κ2) is 8.52. The van der Waals surface area contributed by atoms with Crippen LogP contribution in [0.5, 0.6) is 5.75 Å². The van der Waals surface area contributed by atoms with E-state index in [2.05, 4.69) is 0 Å². The zero-order valence-corrected chi connectivity index (χ0v) is 20.9. The summed E-state index contributed by atoms with van der Waals surface area (Å²) in [5.74, 6) is -9.08. The Balaban J connectivity index is 1.78. The molecule has 0 spiro atoms.